The zero-order chi connectivity index (χ0) is 26.5. The van der Waals surface area contributed by atoms with Gasteiger partial charge in [-0.25, -0.2) is 4.79 Å². The van der Waals surface area contributed by atoms with E-state index in [0.717, 1.165) is 12.6 Å². The van der Waals surface area contributed by atoms with Crippen LogP contribution in [0, 0.1) is 0 Å². The Kier molecular flexibility index (Phi) is 13.2. The highest BCUT2D eigenvalue weighted by Gasteiger charge is 2.44. The first-order valence-corrected chi connectivity index (χ1v) is 14.7. The van der Waals surface area contributed by atoms with Crippen LogP contribution in [-0.4, -0.2) is 41.8 Å². The Bertz CT molecular complexity index is 1050. The molecule has 0 aromatic heterocycles. The van der Waals surface area contributed by atoms with Gasteiger partial charge in [-0.15, -0.1) is 0 Å². The van der Waals surface area contributed by atoms with Crippen molar-refractivity contribution < 1.29 is 41.2 Å². The number of aliphatic carboxylic acids is 1. The maximum atomic E-state index is 12.7. The lowest BCUT2D eigenvalue weighted by atomic mass is 10.1. The van der Waals surface area contributed by atoms with Crippen molar-refractivity contribution in [2.24, 2.45) is 0 Å². The zero-order valence-corrected chi connectivity index (χ0v) is 24.1. The number of rotatable bonds is 14. The van der Waals surface area contributed by atoms with Crippen LogP contribution in [0.15, 0.2) is 91.0 Å². The molecule has 3 rings (SSSR count). The second kappa shape index (κ2) is 16.1. The van der Waals surface area contributed by atoms with Gasteiger partial charge in [-0.05, 0) is 62.6 Å². The summed E-state index contributed by atoms with van der Waals surface area (Å²) < 4.78 is 5.01. The molecule has 0 bridgehead atoms. The molecule has 8 heteroatoms. The molecule has 0 aliphatic rings. The predicted octanol–water partition coefficient (Wildman–Crippen LogP) is 1.07. The van der Waals surface area contributed by atoms with Crippen molar-refractivity contribution >= 4 is 41.0 Å². The van der Waals surface area contributed by atoms with Crippen molar-refractivity contribution in [1.82, 2.24) is 5.32 Å². The molecule has 1 unspecified atom stereocenters. The first kappa shape index (κ1) is 31.2. The van der Waals surface area contributed by atoms with Crippen molar-refractivity contribution in [2.45, 2.75) is 45.1 Å². The smallest absolute Gasteiger partial charge is 0.328 e. The molecule has 0 aliphatic heterocycles. The minimum atomic E-state index is -1.96. The van der Waals surface area contributed by atoms with Crippen LogP contribution in [0.2, 0.25) is 0 Å². The molecule has 0 fully saturated rings. The monoisotopic (exact) mass is 599 g/mol. The highest BCUT2D eigenvalue weighted by Crippen LogP contribution is 2.55. The third-order valence-electron chi connectivity index (χ3n) is 6.29. The number of hydrogen-bond donors (Lipinski definition) is 2. The van der Waals surface area contributed by atoms with Crippen molar-refractivity contribution in [1.29, 1.82) is 0 Å². The third-order valence-corrected chi connectivity index (χ3v) is 10.8. The van der Waals surface area contributed by atoms with E-state index in [1.807, 2.05) is 18.2 Å². The number of carboxylic acid groups (broad SMARTS) is 1. The van der Waals surface area contributed by atoms with Crippen LogP contribution in [0.25, 0.3) is 0 Å². The van der Waals surface area contributed by atoms with Crippen LogP contribution in [0.4, 0.5) is 0 Å². The first-order chi connectivity index (χ1) is 18.0. The summed E-state index contributed by atoms with van der Waals surface area (Å²) in [4.78, 5) is 35.8. The largest absolute Gasteiger partial charge is 1.00 e. The van der Waals surface area contributed by atoms with E-state index in [1.54, 1.807) is 6.92 Å². The van der Waals surface area contributed by atoms with Crippen LogP contribution in [0.3, 0.4) is 0 Å². The Morgan fingerprint density at radius 3 is 1.68 bits per heavy atom. The number of amides is 1. The zero-order valence-electron chi connectivity index (χ0n) is 21.6. The van der Waals surface area contributed by atoms with Gasteiger partial charge >= 0.3 is 11.9 Å². The van der Waals surface area contributed by atoms with Crippen molar-refractivity contribution in [3.05, 3.63) is 91.0 Å². The molecule has 1 atom stereocenters. The van der Waals surface area contributed by atoms with Crippen molar-refractivity contribution in [2.75, 3.05) is 12.8 Å². The number of carbonyl (C=O) groups excluding carboxylic acids is 2. The molecule has 0 heterocycles. The Morgan fingerprint density at radius 2 is 1.26 bits per heavy atom. The number of nitrogens with one attached hydrogen (secondary N) is 1. The van der Waals surface area contributed by atoms with E-state index >= 15 is 0 Å². The number of esters is 1. The first-order valence-electron chi connectivity index (χ1n) is 12.7. The summed E-state index contributed by atoms with van der Waals surface area (Å²) in [6, 6.07) is 30.8. The van der Waals surface area contributed by atoms with Crippen LogP contribution >= 0.6 is 7.26 Å². The lowest BCUT2D eigenvalue weighted by Gasteiger charge is -2.27. The second-order valence-electron chi connectivity index (χ2n) is 8.80. The molecule has 0 aliphatic carbocycles. The Morgan fingerprint density at radius 1 is 0.789 bits per heavy atom. The van der Waals surface area contributed by atoms with Crippen LogP contribution in [0.1, 0.15) is 39.0 Å². The lowest BCUT2D eigenvalue weighted by Crippen LogP contribution is -3.00. The molecule has 1 amide bonds. The standard InChI is InChI=1S/C30H34NO5P.BrH/c1-2-36-30(35)27(21-22-29(33)34)31-28(32)20-12-13-23-37(24-14-6-3-7-15-24,25-16-8-4-9-17-25)26-18-10-5-11-19-26;/h3-11,14-19,27H,2,12-13,20-23H2,1H3,(H-,31,32,33,34);1H. The van der Waals surface area contributed by atoms with E-state index in [1.165, 1.54) is 15.9 Å². The van der Waals surface area contributed by atoms with Crippen molar-refractivity contribution in [3.63, 3.8) is 0 Å². The predicted molar refractivity (Wildman–Crippen MR) is 149 cm³/mol. The summed E-state index contributed by atoms with van der Waals surface area (Å²) >= 11 is 0. The molecule has 2 N–H and O–H groups in total. The molecule has 0 spiro atoms. The van der Waals surface area contributed by atoms with E-state index in [4.69, 9.17) is 9.84 Å². The van der Waals surface area contributed by atoms with E-state index in [9.17, 15) is 14.4 Å². The number of carbonyl (C=O) groups is 3. The highest BCUT2D eigenvalue weighted by atomic mass is 79.9. The van der Waals surface area contributed by atoms with Gasteiger partial charge in [0, 0.05) is 12.8 Å². The van der Waals surface area contributed by atoms with Gasteiger partial charge in [0.2, 0.25) is 5.91 Å². The van der Waals surface area contributed by atoms with E-state index in [2.05, 4.69) is 78.1 Å². The second-order valence-corrected chi connectivity index (χ2v) is 12.4. The minimum Gasteiger partial charge on any atom is -1.00 e. The number of hydrogen-bond acceptors (Lipinski definition) is 4. The topological polar surface area (TPSA) is 92.7 Å². The molecule has 38 heavy (non-hydrogen) atoms. The maximum absolute atomic E-state index is 12.7. The van der Waals surface area contributed by atoms with Gasteiger partial charge in [-0.2, -0.15) is 0 Å². The Labute approximate surface area is 235 Å². The Hall–Kier alpha value is -3.02. The molecule has 0 radical (unpaired) electrons. The summed E-state index contributed by atoms with van der Waals surface area (Å²) in [5.74, 6) is -1.89. The molecule has 3 aromatic rings. The molecule has 0 saturated carbocycles. The van der Waals surface area contributed by atoms with Gasteiger partial charge in [0.25, 0.3) is 0 Å². The Balaban J connectivity index is 0.00000507. The van der Waals surface area contributed by atoms with E-state index in [0.29, 0.717) is 6.42 Å². The summed E-state index contributed by atoms with van der Waals surface area (Å²) in [7, 11) is -1.96. The number of ether oxygens (including phenoxy) is 1. The quantitative estimate of drug-likeness (QED) is 0.164. The molecule has 3 aromatic carbocycles. The van der Waals surface area contributed by atoms with Crippen LogP contribution < -0.4 is 38.2 Å². The molecule has 202 valence electrons. The minimum absolute atomic E-state index is 0. The van der Waals surface area contributed by atoms with Gasteiger partial charge in [-0.3, -0.25) is 9.59 Å². The molecule has 0 saturated heterocycles. The number of carboxylic acids is 1. The lowest BCUT2D eigenvalue weighted by molar-refractivity contribution is -0.148. The highest BCUT2D eigenvalue weighted by molar-refractivity contribution is 7.95. The van der Waals surface area contributed by atoms with Gasteiger partial charge in [-0.1, -0.05) is 54.6 Å². The van der Waals surface area contributed by atoms with Crippen LogP contribution in [0.5, 0.6) is 0 Å². The summed E-state index contributed by atoms with van der Waals surface area (Å²) in [6.45, 7) is 1.85. The van der Waals surface area contributed by atoms with Gasteiger partial charge < -0.3 is 32.1 Å². The van der Waals surface area contributed by atoms with Gasteiger partial charge in [0.15, 0.2) is 0 Å². The maximum Gasteiger partial charge on any atom is 0.328 e. The molecular formula is C30H35BrNO5P. The fourth-order valence-corrected chi connectivity index (χ4v) is 8.95. The van der Waals surface area contributed by atoms with Gasteiger partial charge in [0.1, 0.15) is 29.2 Å². The number of halogens is 1. The summed E-state index contributed by atoms with van der Waals surface area (Å²) in [5.41, 5.74) is 0. The molecular weight excluding hydrogens is 565 g/mol. The SMILES string of the molecule is CCOC(=O)C(CCC(=O)O)NC(=O)CCCC[P+](c1ccccc1)(c1ccccc1)c1ccccc1.[Br-]. The fraction of sp³-hybridized carbons (Fsp3) is 0.300. The number of unbranched alkanes of at least 4 members (excludes halogenated alkanes) is 1. The number of benzene rings is 3. The third kappa shape index (κ3) is 8.50. The summed E-state index contributed by atoms with van der Waals surface area (Å²) in [6.07, 6.45) is 2.40. The fourth-order valence-electron chi connectivity index (χ4n) is 4.54. The average molecular weight is 600 g/mol. The normalized spacial score (nSPS) is 11.6. The summed E-state index contributed by atoms with van der Waals surface area (Å²) in [5, 5.41) is 15.6. The van der Waals surface area contributed by atoms with Gasteiger partial charge in [0.05, 0.1) is 12.8 Å². The van der Waals surface area contributed by atoms with Crippen LogP contribution in [-0.2, 0) is 19.1 Å². The molecule has 6 nitrogen and oxygen atoms in total. The average Bonchev–Trinajstić information content (AvgIpc) is 2.92. The van der Waals surface area contributed by atoms with E-state index in [-0.39, 0.29) is 48.8 Å². The van der Waals surface area contributed by atoms with E-state index < -0.39 is 25.2 Å². The van der Waals surface area contributed by atoms with Crippen molar-refractivity contribution in [3.8, 4) is 0 Å².